The first-order chi connectivity index (χ1) is 9.48. The summed E-state index contributed by atoms with van der Waals surface area (Å²) in [6, 6.07) is 6.22. The molecule has 0 unspecified atom stereocenters. The third-order valence-electron chi connectivity index (χ3n) is 3.76. The maximum Gasteiger partial charge on any atom is 0.335 e. The number of carbonyl (C=O) groups is 2. The van der Waals surface area contributed by atoms with Crippen molar-refractivity contribution in [3.63, 3.8) is 0 Å². The molecule has 1 aliphatic rings. The van der Waals surface area contributed by atoms with E-state index >= 15 is 0 Å². The molecule has 0 atom stereocenters. The van der Waals surface area contributed by atoms with E-state index in [0.717, 1.165) is 25.7 Å². The number of nitrogens with one attached hydrogen (secondary N) is 1. The van der Waals surface area contributed by atoms with E-state index in [4.69, 9.17) is 10.8 Å². The molecule has 108 valence electrons. The third-order valence-corrected chi connectivity index (χ3v) is 3.76. The molecular formula is C15H20N2O3. The molecule has 1 amide bonds. The van der Waals surface area contributed by atoms with Crippen LogP contribution in [0, 0.1) is 0 Å². The summed E-state index contributed by atoms with van der Waals surface area (Å²) in [5.74, 6) is -1.17. The van der Waals surface area contributed by atoms with E-state index in [1.165, 1.54) is 18.6 Å². The second-order valence-corrected chi connectivity index (χ2v) is 5.53. The molecule has 0 saturated heterocycles. The van der Waals surface area contributed by atoms with Gasteiger partial charge in [-0.25, -0.2) is 4.79 Å². The van der Waals surface area contributed by atoms with Crippen LogP contribution < -0.4 is 11.1 Å². The third kappa shape index (κ3) is 3.81. The summed E-state index contributed by atoms with van der Waals surface area (Å²) in [4.78, 5) is 22.9. The van der Waals surface area contributed by atoms with Crippen LogP contribution in [0.4, 0.5) is 5.69 Å². The maximum atomic E-state index is 12.0. The van der Waals surface area contributed by atoms with Gasteiger partial charge in [0.05, 0.1) is 5.56 Å². The first-order valence-electron chi connectivity index (χ1n) is 6.91. The first-order valence-corrected chi connectivity index (χ1v) is 6.91. The summed E-state index contributed by atoms with van der Waals surface area (Å²) >= 11 is 0. The van der Waals surface area contributed by atoms with Gasteiger partial charge >= 0.3 is 5.97 Å². The second kappa shape index (κ2) is 6.05. The molecule has 1 saturated carbocycles. The zero-order valence-corrected chi connectivity index (χ0v) is 11.4. The summed E-state index contributed by atoms with van der Waals surface area (Å²) in [5, 5.41) is 11.6. The molecule has 1 aromatic carbocycles. The van der Waals surface area contributed by atoms with Crippen molar-refractivity contribution in [2.45, 2.75) is 44.1 Å². The molecule has 5 heteroatoms. The van der Waals surface area contributed by atoms with Gasteiger partial charge in [-0.3, -0.25) is 4.79 Å². The number of aromatic carboxylic acids is 1. The van der Waals surface area contributed by atoms with Crippen molar-refractivity contribution in [2.24, 2.45) is 5.73 Å². The number of carbonyl (C=O) groups excluding carboxylic acids is 1. The van der Waals surface area contributed by atoms with E-state index in [2.05, 4.69) is 5.32 Å². The predicted octanol–water partition coefficient (Wildman–Crippen LogP) is 2.38. The van der Waals surface area contributed by atoms with Gasteiger partial charge in [0.15, 0.2) is 0 Å². The fraction of sp³-hybridized carbons (Fsp3) is 0.467. The standard InChI is InChI=1S/C15H20N2O3/c16-15(7-2-1-3-8-15)10-13(18)17-12-6-4-5-11(9-12)14(19)20/h4-6,9H,1-3,7-8,10,16H2,(H,17,18)(H,19,20). The highest BCUT2D eigenvalue weighted by atomic mass is 16.4. The lowest BCUT2D eigenvalue weighted by molar-refractivity contribution is -0.117. The Morgan fingerprint density at radius 1 is 1.25 bits per heavy atom. The number of rotatable bonds is 4. The molecule has 0 aromatic heterocycles. The average Bonchev–Trinajstić information content (AvgIpc) is 2.39. The van der Waals surface area contributed by atoms with Crippen molar-refractivity contribution >= 4 is 17.6 Å². The van der Waals surface area contributed by atoms with Crippen molar-refractivity contribution in [2.75, 3.05) is 5.32 Å². The molecule has 4 N–H and O–H groups in total. The minimum absolute atomic E-state index is 0.155. The smallest absolute Gasteiger partial charge is 0.335 e. The number of anilines is 1. The topological polar surface area (TPSA) is 92.4 Å². The fourth-order valence-electron chi connectivity index (χ4n) is 2.69. The van der Waals surface area contributed by atoms with Crippen molar-refractivity contribution in [3.05, 3.63) is 29.8 Å². The van der Waals surface area contributed by atoms with E-state index in [0.29, 0.717) is 5.69 Å². The van der Waals surface area contributed by atoms with Gasteiger partial charge in [0.1, 0.15) is 0 Å². The van der Waals surface area contributed by atoms with Gasteiger partial charge in [-0.15, -0.1) is 0 Å². The van der Waals surface area contributed by atoms with Gasteiger partial charge in [-0.05, 0) is 31.0 Å². The molecule has 5 nitrogen and oxygen atoms in total. The molecule has 1 fully saturated rings. The molecule has 2 rings (SSSR count). The quantitative estimate of drug-likeness (QED) is 0.787. The van der Waals surface area contributed by atoms with Gasteiger partial charge in [0, 0.05) is 17.6 Å². The molecule has 0 radical (unpaired) electrons. The molecular weight excluding hydrogens is 256 g/mol. The Morgan fingerprint density at radius 2 is 1.95 bits per heavy atom. The van der Waals surface area contributed by atoms with Gasteiger partial charge in [-0.1, -0.05) is 25.3 Å². The lowest BCUT2D eigenvalue weighted by Crippen LogP contribution is -2.44. The summed E-state index contributed by atoms with van der Waals surface area (Å²) in [5.41, 5.74) is 6.48. The second-order valence-electron chi connectivity index (χ2n) is 5.53. The summed E-state index contributed by atoms with van der Waals surface area (Å²) in [6.07, 6.45) is 5.34. The number of carboxylic acids is 1. The molecule has 0 heterocycles. The predicted molar refractivity (Wildman–Crippen MR) is 76.7 cm³/mol. The number of nitrogens with two attached hydrogens (primary N) is 1. The monoisotopic (exact) mass is 276 g/mol. The Kier molecular flexibility index (Phi) is 4.39. The van der Waals surface area contributed by atoms with Crippen molar-refractivity contribution in [1.29, 1.82) is 0 Å². The van der Waals surface area contributed by atoms with Gasteiger partial charge in [-0.2, -0.15) is 0 Å². The lowest BCUT2D eigenvalue weighted by atomic mass is 9.80. The Bertz CT molecular complexity index is 508. The highest BCUT2D eigenvalue weighted by Gasteiger charge is 2.29. The molecule has 0 spiro atoms. The van der Waals surface area contributed by atoms with Crippen LogP contribution in [0.5, 0.6) is 0 Å². The zero-order chi connectivity index (χ0) is 14.6. The van der Waals surface area contributed by atoms with Crippen LogP contribution in [0.1, 0.15) is 48.9 Å². The van der Waals surface area contributed by atoms with Crippen LogP contribution in [-0.4, -0.2) is 22.5 Å². The van der Waals surface area contributed by atoms with E-state index in [9.17, 15) is 9.59 Å². The summed E-state index contributed by atoms with van der Waals surface area (Å²) in [7, 11) is 0. The van der Waals surface area contributed by atoms with E-state index in [1.54, 1.807) is 12.1 Å². The van der Waals surface area contributed by atoms with Gasteiger partial charge in [0.25, 0.3) is 0 Å². The molecule has 1 aromatic rings. The van der Waals surface area contributed by atoms with Gasteiger partial charge in [0.2, 0.25) is 5.91 Å². The number of benzene rings is 1. The number of carboxylic acid groups (broad SMARTS) is 1. The number of hydrogen-bond donors (Lipinski definition) is 3. The van der Waals surface area contributed by atoms with E-state index < -0.39 is 11.5 Å². The molecule has 1 aliphatic carbocycles. The molecule has 0 aliphatic heterocycles. The van der Waals surface area contributed by atoms with Crippen LogP contribution >= 0.6 is 0 Å². The summed E-state index contributed by atoms with van der Waals surface area (Å²) < 4.78 is 0. The average molecular weight is 276 g/mol. The van der Waals surface area contributed by atoms with Gasteiger partial charge < -0.3 is 16.2 Å². The number of hydrogen-bond acceptors (Lipinski definition) is 3. The lowest BCUT2D eigenvalue weighted by Gasteiger charge is -2.32. The van der Waals surface area contributed by atoms with Crippen molar-refractivity contribution in [3.8, 4) is 0 Å². The first kappa shape index (κ1) is 14.5. The number of amides is 1. The van der Waals surface area contributed by atoms with Crippen LogP contribution in [0.25, 0.3) is 0 Å². The Hall–Kier alpha value is -1.88. The molecule has 0 bridgehead atoms. The highest BCUT2D eigenvalue weighted by molar-refractivity contribution is 5.94. The van der Waals surface area contributed by atoms with Crippen molar-refractivity contribution in [1.82, 2.24) is 0 Å². The van der Waals surface area contributed by atoms with E-state index in [-0.39, 0.29) is 17.9 Å². The highest BCUT2D eigenvalue weighted by Crippen LogP contribution is 2.29. The minimum atomic E-state index is -1.01. The van der Waals surface area contributed by atoms with Crippen LogP contribution in [0.3, 0.4) is 0 Å². The van der Waals surface area contributed by atoms with Crippen molar-refractivity contribution < 1.29 is 14.7 Å². The van der Waals surface area contributed by atoms with E-state index in [1.807, 2.05) is 0 Å². The Morgan fingerprint density at radius 3 is 2.60 bits per heavy atom. The van der Waals surface area contributed by atoms with Crippen LogP contribution in [0.15, 0.2) is 24.3 Å². The Balaban J connectivity index is 1.97. The normalized spacial score (nSPS) is 17.4. The SMILES string of the molecule is NC1(CC(=O)Nc2cccc(C(=O)O)c2)CCCCC1. The zero-order valence-electron chi connectivity index (χ0n) is 11.4. The Labute approximate surface area is 118 Å². The van der Waals surface area contributed by atoms with Crippen LogP contribution in [0.2, 0.25) is 0 Å². The summed E-state index contributed by atoms with van der Waals surface area (Å²) in [6.45, 7) is 0. The minimum Gasteiger partial charge on any atom is -0.478 e. The fourth-order valence-corrected chi connectivity index (χ4v) is 2.69. The molecule has 20 heavy (non-hydrogen) atoms. The maximum absolute atomic E-state index is 12.0. The largest absolute Gasteiger partial charge is 0.478 e. The van der Waals surface area contributed by atoms with Crippen LogP contribution in [-0.2, 0) is 4.79 Å².